The van der Waals surface area contributed by atoms with Crippen LogP contribution in [0.3, 0.4) is 0 Å². The fourth-order valence-corrected chi connectivity index (χ4v) is 2.77. The van der Waals surface area contributed by atoms with Crippen LogP contribution in [0.25, 0.3) is 5.65 Å². The van der Waals surface area contributed by atoms with Crippen LogP contribution >= 0.6 is 0 Å². The van der Waals surface area contributed by atoms with Gasteiger partial charge in [-0.05, 0) is 37.8 Å². The molecule has 0 aliphatic carbocycles. The molecule has 0 fully saturated rings. The summed E-state index contributed by atoms with van der Waals surface area (Å²) in [5.41, 5.74) is 5.84. The van der Waals surface area contributed by atoms with Gasteiger partial charge in [-0.2, -0.15) is 0 Å². The highest BCUT2D eigenvalue weighted by molar-refractivity contribution is 5.79. The Morgan fingerprint density at radius 3 is 2.74 bits per heavy atom. The molecular weight excluding hydrogens is 292 g/mol. The van der Waals surface area contributed by atoms with Gasteiger partial charge in [0.25, 0.3) is 5.91 Å². The van der Waals surface area contributed by atoms with E-state index < -0.39 is 5.91 Å². The standard InChI is InChI=1S/C17H26N4O2/c1-4-6-7-8-14-17(18-11-15(22)20-23)21-12(3)9-10-13(5-2)16(21)19-14/h9-10,18,23H,4-8,11H2,1-3H3,(H,20,22). The maximum Gasteiger partial charge on any atom is 0.262 e. The highest BCUT2D eigenvalue weighted by Gasteiger charge is 2.16. The van der Waals surface area contributed by atoms with E-state index in [0.717, 1.165) is 55.0 Å². The number of carbonyl (C=O) groups is 1. The van der Waals surface area contributed by atoms with E-state index in [2.05, 4.69) is 35.7 Å². The number of fused-ring (bicyclic) bond motifs is 1. The third kappa shape index (κ3) is 3.82. The third-order valence-electron chi connectivity index (χ3n) is 4.05. The molecule has 0 saturated heterocycles. The molecular formula is C17H26N4O2. The normalized spacial score (nSPS) is 11.0. The van der Waals surface area contributed by atoms with Crippen LogP contribution in [-0.4, -0.2) is 27.0 Å². The van der Waals surface area contributed by atoms with Gasteiger partial charge in [0.15, 0.2) is 0 Å². The molecule has 23 heavy (non-hydrogen) atoms. The number of pyridine rings is 1. The molecule has 0 spiro atoms. The number of rotatable bonds is 8. The van der Waals surface area contributed by atoms with E-state index in [4.69, 9.17) is 10.2 Å². The Morgan fingerprint density at radius 2 is 2.09 bits per heavy atom. The molecule has 0 aliphatic rings. The molecule has 3 N–H and O–H groups in total. The summed E-state index contributed by atoms with van der Waals surface area (Å²) < 4.78 is 2.07. The average molecular weight is 318 g/mol. The molecule has 126 valence electrons. The van der Waals surface area contributed by atoms with Crippen LogP contribution in [0.1, 0.15) is 50.1 Å². The number of amides is 1. The first kappa shape index (κ1) is 17.3. The van der Waals surface area contributed by atoms with Crippen molar-refractivity contribution in [2.75, 3.05) is 11.9 Å². The molecule has 0 bridgehead atoms. The molecule has 0 radical (unpaired) electrons. The van der Waals surface area contributed by atoms with Crippen molar-refractivity contribution in [2.24, 2.45) is 0 Å². The second-order valence-electron chi connectivity index (χ2n) is 5.77. The van der Waals surface area contributed by atoms with Gasteiger partial charge in [0.05, 0.1) is 12.2 Å². The average Bonchev–Trinajstić information content (AvgIpc) is 2.92. The molecule has 0 aromatic carbocycles. The summed E-state index contributed by atoms with van der Waals surface area (Å²) in [7, 11) is 0. The lowest BCUT2D eigenvalue weighted by molar-refractivity contribution is -0.127. The lowest BCUT2D eigenvalue weighted by Crippen LogP contribution is -2.27. The van der Waals surface area contributed by atoms with Crippen LogP contribution < -0.4 is 10.8 Å². The number of hydrogen-bond acceptors (Lipinski definition) is 4. The predicted molar refractivity (Wildman–Crippen MR) is 91.0 cm³/mol. The van der Waals surface area contributed by atoms with E-state index in [9.17, 15) is 4.79 Å². The quantitative estimate of drug-likeness (QED) is 0.397. The Balaban J connectivity index is 2.44. The molecule has 2 aromatic rings. The third-order valence-corrected chi connectivity index (χ3v) is 4.05. The lowest BCUT2D eigenvalue weighted by Gasteiger charge is -2.10. The van der Waals surface area contributed by atoms with Crippen molar-refractivity contribution < 1.29 is 10.0 Å². The van der Waals surface area contributed by atoms with Gasteiger partial charge in [0.2, 0.25) is 0 Å². The number of hydroxylamine groups is 1. The number of aromatic nitrogens is 2. The van der Waals surface area contributed by atoms with E-state index in [1.807, 2.05) is 6.92 Å². The van der Waals surface area contributed by atoms with Gasteiger partial charge in [-0.25, -0.2) is 10.5 Å². The molecule has 0 saturated carbocycles. The minimum absolute atomic E-state index is 0.0147. The number of hydrogen-bond donors (Lipinski definition) is 3. The SMILES string of the molecule is CCCCCc1nc2c(CC)ccc(C)n2c1NCC(=O)NO. The summed E-state index contributed by atoms with van der Waals surface area (Å²) in [6.07, 6.45) is 5.17. The highest BCUT2D eigenvalue weighted by Crippen LogP contribution is 2.25. The smallest absolute Gasteiger partial charge is 0.262 e. The van der Waals surface area contributed by atoms with Crippen molar-refractivity contribution in [1.82, 2.24) is 14.9 Å². The van der Waals surface area contributed by atoms with E-state index in [0.29, 0.717) is 0 Å². The number of carbonyl (C=O) groups excluding carboxylic acids is 1. The Hall–Kier alpha value is -2.08. The van der Waals surface area contributed by atoms with Crippen molar-refractivity contribution in [3.63, 3.8) is 0 Å². The van der Waals surface area contributed by atoms with Gasteiger partial charge >= 0.3 is 0 Å². The predicted octanol–water partition coefficient (Wildman–Crippen LogP) is 2.86. The molecule has 2 heterocycles. The van der Waals surface area contributed by atoms with Crippen molar-refractivity contribution in [3.05, 3.63) is 29.1 Å². The monoisotopic (exact) mass is 318 g/mol. The topological polar surface area (TPSA) is 78.7 Å². The van der Waals surface area contributed by atoms with Crippen LogP contribution in [-0.2, 0) is 17.6 Å². The summed E-state index contributed by atoms with van der Waals surface area (Å²) in [6.45, 7) is 6.33. The zero-order valence-electron chi connectivity index (χ0n) is 14.1. The molecule has 0 atom stereocenters. The fraction of sp³-hybridized carbons (Fsp3) is 0.529. The van der Waals surface area contributed by atoms with Gasteiger partial charge in [0.1, 0.15) is 11.5 Å². The van der Waals surface area contributed by atoms with Crippen molar-refractivity contribution in [2.45, 2.75) is 52.9 Å². The fourth-order valence-electron chi connectivity index (χ4n) is 2.77. The molecule has 1 amide bonds. The van der Waals surface area contributed by atoms with Gasteiger partial charge in [-0.15, -0.1) is 0 Å². The van der Waals surface area contributed by atoms with E-state index in [1.165, 1.54) is 5.56 Å². The van der Waals surface area contributed by atoms with Crippen molar-refractivity contribution >= 4 is 17.4 Å². The first-order valence-electron chi connectivity index (χ1n) is 8.28. The number of anilines is 1. The lowest BCUT2D eigenvalue weighted by atomic mass is 10.1. The Labute approximate surface area is 136 Å². The van der Waals surface area contributed by atoms with Gasteiger partial charge < -0.3 is 5.32 Å². The maximum absolute atomic E-state index is 11.4. The number of aryl methyl sites for hydroxylation is 3. The largest absolute Gasteiger partial charge is 0.360 e. The Bertz CT molecular complexity index is 679. The molecule has 2 aromatic heterocycles. The van der Waals surface area contributed by atoms with Crippen LogP contribution in [0.4, 0.5) is 5.82 Å². The maximum atomic E-state index is 11.4. The van der Waals surface area contributed by atoms with Crippen LogP contribution in [0.15, 0.2) is 12.1 Å². The Morgan fingerprint density at radius 1 is 1.30 bits per heavy atom. The first-order valence-corrected chi connectivity index (χ1v) is 8.28. The number of imidazole rings is 1. The van der Waals surface area contributed by atoms with Gasteiger partial charge in [-0.1, -0.05) is 32.8 Å². The number of nitrogens with one attached hydrogen (secondary N) is 2. The molecule has 2 rings (SSSR count). The van der Waals surface area contributed by atoms with Crippen LogP contribution in [0.2, 0.25) is 0 Å². The Kier molecular flexibility index (Phi) is 5.98. The summed E-state index contributed by atoms with van der Waals surface area (Å²) in [5, 5.41) is 11.8. The van der Waals surface area contributed by atoms with Gasteiger partial charge in [-0.3, -0.25) is 14.4 Å². The second kappa shape index (κ2) is 7.97. The minimum Gasteiger partial charge on any atom is -0.360 e. The second-order valence-corrected chi connectivity index (χ2v) is 5.77. The molecule has 0 aliphatic heterocycles. The van der Waals surface area contributed by atoms with E-state index in [1.54, 1.807) is 5.48 Å². The summed E-state index contributed by atoms with van der Waals surface area (Å²) in [4.78, 5) is 16.2. The highest BCUT2D eigenvalue weighted by atomic mass is 16.5. The van der Waals surface area contributed by atoms with E-state index >= 15 is 0 Å². The zero-order chi connectivity index (χ0) is 16.8. The minimum atomic E-state index is -0.469. The molecule has 6 heteroatoms. The summed E-state index contributed by atoms with van der Waals surface area (Å²) >= 11 is 0. The summed E-state index contributed by atoms with van der Waals surface area (Å²) in [5.74, 6) is 0.385. The molecule has 6 nitrogen and oxygen atoms in total. The van der Waals surface area contributed by atoms with Crippen LogP contribution in [0.5, 0.6) is 0 Å². The van der Waals surface area contributed by atoms with Gasteiger partial charge in [0, 0.05) is 5.69 Å². The summed E-state index contributed by atoms with van der Waals surface area (Å²) in [6, 6.07) is 4.18. The number of nitrogens with zero attached hydrogens (tertiary/aromatic N) is 2. The molecule has 0 unspecified atom stereocenters. The van der Waals surface area contributed by atoms with E-state index in [-0.39, 0.29) is 6.54 Å². The van der Waals surface area contributed by atoms with Crippen molar-refractivity contribution in [1.29, 1.82) is 0 Å². The van der Waals surface area contributed by atoms with Crippen LogP contribution in [0, 0.1) is 6.92 Å². The number of unbranched alkanes of at least 4 members (excludes halogenated alkanes) is 2. The zero-order valence-corrected chi connectivity index (χ0v) is 14.1. The van der Waals surface area contributed by atoms with Crippen molar-refractivity contribution in [3.8, 4) is 0 Å². The first-order chi connectivity index (χ1) is 11.1.